The summed E-state index contributed by atoms with van der Waals surface area (Å²) >= 11 is 5.75. The normalized spacial score (nSPS) is 14.6. The number of alkyl halides is 6. The first-order valence-corrected chi connectivity index (χ1v) is 7.79. The summed E-state index contributed by atoms with van der Waals surface area (Å²) in [6.07, 6.45) is -9.23. The maximum atomic E-state index is 12.8. The van der Waals surface area contributed by atoms with Crippen LogP contribution >= 0.6 is 11.6 Å². The van der Waals surface area contributed by atoms with E-state index in [4.69, 9.17) is 11.6 Å². The smallest absolute Gasteiger partial charge is 0.343 e. The number of rotatable bonds is 5. The molecular weight excluding hydrogens is 402 g/mol. The third-order valence-corrected chi connectivity index (χ3v) is 3.46. The molecule has 0 saturated heterocycles. The molecule has 2 atom stereocenters. The van der Waals surface area contributed by atoms with Gasteiger partial charge in [-0.15, -0.1) is 0 Å². The van der Waals surface area contributed by atoms with E-state index in [0.717, 1.165) is 13.8 Å². The van der Waals surface area contributed by atoms with Crippen LogP contribution in [-0.4, -0.2) is 44.4 Å². The van der Waals surface area contributed by atoms with Crippen LogP contribution in [0.5, 0.6) is 0 Å². The Morgan fingerprint density at radius 2 is 1.30 bits per heavy atom. The van der Waals surface area contributed by atoms with Crippen LogP contribution in [0.25, 0.3) is 11.5 Å². The number of hydrogen-bond acceptors (Lipinski definition) is 6. The summed E-state index contributed by atoms with van der Waals surface area (Å²) in [6, 6.07) is 0.212. The van der Waals surface area contributed by atoms with E-state index < -0.39 is 36.3 Å². The van der Waals surface area contributed by atoms with Gasteiger partial charge in [-0.3, -0.25) is 0 Å². The Hall–Kier alpha value is -2.37. The maximum Gasteiger partial charge on any atom is 0.408 e. The molecule has 148 valence electrons. The Labute approximate surface area is 154 Å². The Kier molecular flexibility index (Phi) is 5.97. The zero-order chi connectivity index (χ0) is 20.4. The molecule has 6 nitrogen and oxygen atoms in total. The number of nitrogens with one attached hydrogen (secondary N) is 2. The fourth-order valence-corrected chi connectivity index (χ4v) is 1.87. The number of aromatic nitrogens is 4. The highest BCUT2D eigenvalue weighted by molar-refractivity contribution is 6.29. The first-order valence-electron chi connectivity index (χ1n) is 7.42. The van der Waals surface area contributed by atoms with Crippen LogP contribution in [-0.2, 0) is 0 Å². The van der Waals surface area contributed by atoms with Crippen LogP contribution in [0, 0.1) is 0 Å². The van der Waals surface area contributed by atoms with Crippen molar-refractivity contribution in [2.24, 2.45) is 0 Å². The molecular formula is C14H13ClF6N6. The van der Waals surface area contributed by atoms with Gasteiger partial charge < -0.3 is 10.6 Å². The number of anilines is 2. The summed E-state index contributed by atoms with van der Waals surface area (Å²) in [5, 5.41) is 4.03. The van der Waals surface area contributed by atoms with E-state index in [2.05, 4.69) is 19.9 Å². The van der Waals surface area contributed by atoms with E-state index in [0.29, 0.717) is 0 Å². The van der Waals surface area contributed by atoms with Crippen LogP contribution in [0.15, 0.2) is 18.2 Å². The molecule has 0 aliphatic heterocycles. The monoisotopic (exact) mass is 414 g/mol. The maximum absolute atomic E-state index is 12.8. The summed E-state index contributed by atoms with van der Waals surface area (Å²) in [6.45, 7) is 1.62. The van der Waals surface area contributed by atoms with Gasteiger partial charge in [-0.05, 0) is 26.0 Å². The average molecular weight is 415 g/mol. The molecule has 27 heavy (non-hydrogen) atoms. The molecule has 2 aromatic rings. The minimum atomic E-state index is -4.62. The van der Waals surface area contributed by atoms with E-state index in [1.165, 1.54) is 18.2 Å². The number of hydrogen-bond donors (Lipinski definition) is 2. The van der Waals surface area contributed by atoms with Crippen molar-refractivity contribution >= 4 is 23.5 Å². The van der Waals surface area contributed by atoms with Crippen molar-refractivity contribution < 1.29 is 26.3 Å². The molecule has 0 aromatic carbocycles. The van der Waals surface area contributed by atoms with Gasteiger partial charge in [-0.2, -0.15) is 41.3 Å². The molecule has 2 heterocycles. The topological polar surface area (TPSA) is 75.6 Å². The van der Waals surface area contributed by atoms with Crippen LogP contribution in [0.2, 0.25) is 5.15 Å². The summed E-state index contributed by atoms with van der Waals surface area (Å²) in [7, 11) is 0. The van der Waals surface area contributed by atoms with Crippen molar-refractivity contribution in [2.45, 2.75) is 38.3 Å². The first-order chi connectivity index (χ1) is 12.4. The minimum Gasteiger partial charge on any atom is -0.343 e. The van der Waals surface area contributed by atoms with E-state index in [9.17, 15) is 26.3 Å². The second-order valence-electron chi connectivity index (χ2n) is 5.47. The Morgan fingerprint density at radius 3 is 1.70 bits per heavy atom. The van der Waals surface area contributed by atoms with Gasteiger partial charge in [0.2, 0.25) is 11.9 Å². The largest absolute Gasteiger partial charge is 0.408 e. The van der Waals surface area contributed by atoms with Gasteiger partial charge in [-0.25, -0.2) is 4.98 Å². The molecule has 0 spiro atoms. The SMILES string of the molecule is C[C@H](Nc1nc(N[C@H](C)C(F)(F)F)nc(-c2cccc(Cl)n2)n1)C(F)(F)F. The molecule has 0 fully saturated rings. The molecule has 2 N–H and O–H groups in total. The van der Waals surface area contributed by atoms with Crippen molar-refractivity contribution in [1.29, 1.82) is 0 Å². The molecule has 2 rings (SSSR count). The quantitative estimate of drug-likeness (QED) is 0.561. The fourth-order valence-electron chi connectivity index (χ4n) is 1.70. The number of halogens is 7. The van der Waals surface area contributed by atoms with Gasteiger partial charge in [0.1, 0.15) is 22.9 Å². The van der Waals surface area contributed by atoms with Crippen LogP contribution in [0.3, 0.4) is 0 Å². The second-order valence-corrected chi connectivity index (χ2v) is 5.85. The highest BCUT2D eigenvalue weighted by Crippen LogP contribution is 2.26. The standard InChI is InChI=1S/C14H13ClF6N6/c1-6(13(16,17)18)22-11-25-10(8-4-3-5-9(15)24-8)26-12(27-11)23-7(2)14(19,20)21/h3-7H,1-2H3,(H2,22,23,25,26,27)/t6-,7+. The molecule has 13 heteroatoms. The van der Waals surface area contributed by atoms with Crippen LogP contribution < -0.4 is 10.6 Å². The van der Waals surface area contributed by atoms with Crippen molar-refractivity contribution in [3.05, 3.63) is 23.4 Å². The van der Waals surface area contributed by atoms with Gasteiger partial charge in [0.05, 0.1) is 0 Å². The summed E-state index contributed by atoms with van der Waals surface area (Å²) in [4.78, 5) is 15.1. The van der Waals surface area contributed by atoms with Gasteiger partial charge in [-0.1, -0.05) is 17.7 Å². The zero-order valence-corrected chi connectivity index (χ0v) is 14.6. The third kappa shape index (κ3) is 5.81. The molecule has 0 saturated carbocycles. The Balaban J connectivity index is 2.44. The van der Waals surface area contributed by atoms with E-state index in [1.807, 2.05) is 10.6 Å². The van der Waals surface area contributed by atoms with Crippen molar-refractivity contribution in [3.63, 3.8) is 0 Å². The zero-order valence-electron chi connectivity index (χ0n) is 13.8. The third-order valence-electron chi connectivity index (χ3n) is 3.25. The average Bonchev–Trinajstić information content (AvgIpc) is 2.52. The van der Waals surface area contributed by atoms with Gasteiger partial charge in [0.15, 0.2) is 5.82 Å². The molecule has 0 amide bonds. The van der Waals surface area contributed by atoms with Crippen LogP contribution in [0.1, 0.15) is 13.8 Å². The van der Waals surface area contributed by atoms with E-state index in [1.54, 1.807) is 0 Å². The lowest BCUT2D eigenvalue weighted by Gasteiger charge is -2.20. The fraction of sp³-hybridized carbons (Fsp3) is 0.429. The summed E-state index contributed by atoms with van der Waals surface area (Å²) in [5.74, 6) is -1.38. The lowest BCUT2D eigenvalue weighted by atomic mass is 10.3. The predicted molar refractivity (Wildman–Crippen MR) is 86.3 cm³/mol. The predicted octanol–water partition coefficient (Wildman–Crippen LogP) is 4.31. The lowest BCUT2D eigenvalue weighted by Crippen LogP contribution is -2.35. The second kappa shape index (κ2) is 7.71. The molecule has 0 aliphatic rings. The van der Waals surface area contributed by atoms with E-state index in [-0.39, 0.29) is 16.7 Å². The van der Waals surface area contributed by atoms with Crippen LogP contribution in [0.4, 0.5) is 38.2 Å². The Morgan fingerprint density at radius 1 is 0.815 bits per heavy atom. The number of pyridine rings is 1. The van der Waals surface area contributed by atoms with Crippen molar-refractivity contribution in [3.8, 4) is 11.5 Å². The number of nitrogens with zero attached hydrogens (tertiary/aromatic N) is 4. The molecule has 0 bridgehead atoms. The highest BCUT2D eigenvalue weighted by atomic mass is 35.5. The molecule has 2 aromatic heterocycles. The highest BCUT2D eigenvalue weighted by Gasteiger charge is 2.38. The van der Waals surface area contributed by atoms with Crippen molar-refractivity contribution in [2.75, 3.05) is 10.6 Å². The Bertz CT molecular complexity index is 756. The summed E-state index contributed by atoms with van der Waals surface area (Å²) < 4.78 is 76.5. The van der Waals surface area contributed by atoms with Gasteiger partial charge >= 0.3 is 12.4 Å². The summed E-state index contributed by atoms with van der Waals surface area (Å²) in [5.41, 5.74) is 0.0512. The van der Waals surface area contributed by atoms with Crippen molar-refractivity contribution in [1.82, 2.24) is 19.9 Å². The minimum absolute atomic E-state index is 0.0456. The van der Waals surface area contributed by atoms with Gasteiger partial charge in [0, 0.05) is 0 Å². The lowest BCUT2D eigenvalue weighted by molar-refractivity contribution is -0.139. The van der Waals surface area contributed by atoms with E-state index >= 15 is 0 Å². The molecule has 0 unspecified atom stereocenters. The first kappa shape index (κ1) is 20.9. The molecule has 0 aliphatic carbocycles. The van der Waals surface area contributed by atoms with Gasteiger partial charge in [0.25, 0.3) is 0 Å². The molecule has 0 radical (unpaired) electrons.